The molecular formula is C46H38. The van der Waals surface area contributed by atoms with Gasteiger partial charge in [-0.3, -0.25) is 0 Å². The number of hydrogen-bond acceptors (Lipinski definition) is 0. The minimum absolute atomic E-state index is 0.0231. The van der Waals surface area contributed by atoms with E-state index in [1.165, 1.54) is 93.2 Å². The molecule has 0 radical (unpaired) electrons. The average molecular weight is 591 g/mol. The first-order valence-electron chi connectivity index (χ1n) is 16.4. The van der Waals surface area contributed by atoms with Gasteiger partial charge in [0, 0.05) is 0 Å². The van der Waals surface area contributed by atoms with Crippen LogP contribution in [-0.4, -0.2) is 0 Å². The van der Waals surface area contributed by atoms with Gasteiger partial charge in [0.15, 0.2) is 0 Å². The van der Waals surface area contributed by atoms with Crippen molar-refractivity contribution in [3.05, 3.63) is 156 Å². The summed E-state index contributed by atoms with van der Waals surface area (Å²) in [4.78, 5) is 0. The van der Waals surface area contributed by atoms with Crippen LogP contribution in [0, 0.1) is 13.8 Å². The van der Waals surface area contributed by atoms with Crippen molar-refractivity contribution in [1.29, 1.82) is 0 Å². The number of hydrogen-bond donors (Lipinski definition) is 0. The van der Waals surface area contributed by atoms with Gasteiger partial charge in [0.1, 0.15) is 0 Å². The predicted octanol–water partition coefficient (Wildman–Crippen LogP) is 13.2. The van der Waals surface area contributed by atoms with Crippen LogP contribution in [0.15, 0.2) is 140 Å². The molecule has 222 valence electrons. The minimum atomic E-state index is 0.0231. The molecule has 0 saturated heterocycles. The molecular weight excluding hydrogens is 553 g/mol. The summed E-state index contributed by atoms with van der Waals surface area (Å²) in [7, 11) is 0. The first-order chi connectivity index (χ1) is 22.3. The fourth-order valence-corrected chi connectivity index (χ4v) is 7.53. The molecule has 0 fully saturated rings. The Morgan fingerprint density at radius 1 is 0.391 bits per heavy atom. The summed E-state index contributed by atoms with van der Waals surface area (Å²) in [6, 6.07) is 52.0. The average Bonchev–Trinajstić information content (AvgIpc) is 3.07. The lowest BCUT2D eigenvalue weighted by Gasteiger charge is -2.24. The summed E-state index contributed by atoms with van der Waals surface area (Å²) < 4.78 is 0. The number of aryl methyl sites for hydroxylation is 2. The zero-order valence-electron chi connectivity index (χ0n) is 27.3. The molecule has 0 amide bonds. The van der Waals surface area contributed by atoms with Gasteiger partial charge < -0.3 is 0 Å². The second kappa shape index (κ2) is 10.7. The van der Waals surface area contributed by atoms with Crippen molar-refractivity contribution in [3.63, 3.8) is 0 Å². The van der Waals surface area contributed by atoms with Gasteiger partial charge >= 0.3 is 0 Å². The molecule has 0 saturated carbocycles. The summed E-state index contributed by atoms with van der Waals surface area (Å²) in [5.41, 5.74) is 11.7. The Hall–Kier alpha value is -5.20. The largest absolute Gasteiger partial charge is 0.0616 e. The fourth-order valence-electron chi connectivity index (χ4n) is 7.53. The molecule has 8 aromatic rings. The molecule has 0 N–H and O–H groups in total. The third-order valence-corrected chi connectivity index (χ3v) is 9.85. The Kier molecular flexibility index (Phi) is 6.59. The first-order valence-corrected chi connectivity index (χ1v) is 16.4. The van der Waals surface area contributed by atoms with Gasteiger partial charge in [0.25, 0.3) is 0 Å². The molecule has 0 bridgehead atoms. The highest BCUT2D eigenvalue weighted by Crippen LogP contribution is 2.48. The predicted molar refractivity (Wildman–Crippen MR) is 201 cm³/mol. The van der Waals surface area contributed by atoms with Crippen LogP contribution in [0.2, 0.25) is 0 Å². The van der Waals surface area contributed by atoms with E-state index < -0.39 is 0 Å². The highest BCUT2D eigenvalue weighted by molar-refractivity contribution is 6.24. The Balaban J connectivity index is 1.51. The molecule has 0 nitrogen and oxygen atoms in total. The van der Waals surface area contributed by atoms with Gasteiger partial charge in [-0.25, -0.2) is 0 Å². The van der Waals surface area contributed by atoms with Gasteiger partial charge in [-0.1, -0.05) is 148 Å². The molecule has 0 heteroatoms. The molecule has 0 unspecified atom stereocenters. The second-order valence-electron chi connectivity index (χ2n) is 13.8. The maximum Gasteiger partial charge on any atom is -0.00173 e. The summed E-state index contributed by atoms with van der Waals surface area (Å²) in [5, 5.41) is 10.4. The number of rotatable bonds is 3. The van der Waals surface area contributed by atoms with E-state index in [1.807, 2.05) is 0 Å². The zero-order chi connectivity index (χ0) is 31.6. The SMILES string of the molecule is Cc1ccc2cccc(C)c2c1-c1c2ccccc2c(-c2cccc(-c3cccc4ccccc34)c2)c2ccc(C(C)(C)C)cc12. The highest BCUT2D eigenvalue weighted by atomic mass is 14.3. The van der Waals surface area contributed by atoms with Gasteiger partial charge in [-0.05, 0) is 125 Å². The van der Waals surface area contributed by atoms with Crippen molar-refractivity contribution in [2.45, 2.75) is 40.0 Å². The lowest BCUT2D eigenvalue weighted by atomic mass is 9.79. The molecule has 0 heterocycles. The van der Waals surface area contributed by atoms with Crippen LogP contribution < -0.4 is 0 Å². The molecule has 46 heavy (non-hydrogen) atoms. The lowest BCUT2D eigenvalue weighted by molar-refractivity contribution is 0.591. The van der Waals surface area contributed by atoms with E-state index in [0.717, 1.165) is 0 Å². The van der Waals surface area contributed by atoms with E-state index in [1.54, 1.807) is 0 Å². The second-order valence-corrected chi connectivity index (χ2v) is 13.8. The molecule has 0 aliphatic carbocycles. The van der Waals surface area contributed by atoms with E-state index in [-0.39, 0.29) is 5.41 Å². The van der Waals surface area contributed by atoms with Crippen molar-refractivity contribution >= 4 is 43.1 Å². The smallest absolute Gasteiger partial charge is 0.00173 e. The number of benzene rings is 8. The van der Waals surface area contributed by atoms with Crippen molar-refractivity contribution in [2.75, 3.05) is 0 Å². The third-order valence-electron chi connectivity index (χ3n) is 9.85. The molecule has 8 rings (SSSR count). The van der Waals surface area contributed by atoms with Gasteiger partial charge in [0.2, 0.25) is 0 Å². The standard InChI is InChI=1S/C46H38/c1-29-13-10-16-32-24-23-30(2)43(42(29)32)45-39-21-9-8-20-38(39)44(40-26-25-35(28-41(40)45)46(3,4)5)34-18-11-17-33(27-34)37-22-12-15-31-14-6-7-19-36(31)37/h6-28H,1-5H3. The minimum Gasteiger partial charge on any atom is -0.0616 e. The Labute approximate surface area is 272 Å². The van der Waals surface area contributed by atoms with Crippen molar-refractivity contribution in [1.82, 2.24) is 0 Å². The van der Waals surface area contributed by atoms with Crippen LogP contribution in [0.3, 0.4) is 0 Å². The summed E-state index contributed by atoms with van der Waals surface area (Å²) in [6.45, 7) is 11.5. The third kappa shape index (κ3) is 4.52. The summed E-state index contributed by atoms with van der Waals surface area (Å²) in [6.07, 6.45) is 0. The van der Waals surface area contributed by atoms with Crippen LogP contribution in [-0.2, 0) is 5.41 Å². The van der Waals surface area contributed by atoms with Crippen LogP contribution in [0.4, 0.5) is 0 Å². The van der Waals surface area contributed by atoms with Crippen LogP contribution in [0.1, 0.15) is 37.5 Å². The van der Waals surface area contributed by atoms with E-state index >= 15 is 0 Å². The fraction of sp³-hybridized carbons (Fsp3) is 0.130. The molecule has 0 atom stereocenters. The molecule has 0 aromatic heterocycles. The van der Waals surface area contributed by atoms with E-state index in [4.69, 9.17) is 0 Å². The quantitative estimate of drug-likeness (QED) is 0.180. The molecule has 0 aliphatic heterocycles. The summed E-state index contributed by atoms with van der Waals surface area (Å²) >= 11 is 0. The Morgan fingerprint density at radius 3 is 1.83 bits per heavy atom. The topological polar surface area (TPSA) is 0 Å². The van der Waals surface area contributed by atoms with Crippen molar-refractivity contribution in [3.8, 4) is 33.4 Å². The summed E-state index contributed by atoms with van der Waals surface area (Å²) in [5.74, 6) is 0. The Bertz CT molecular complexity index is 2460. The Morgan fingerprint density at radius 2 is 1.02 bits per heavy atom. The molecule has 0 aliphatic rings. The molecule has 0 spiro atoms. The van der Waals surface area contributed by atoms with E-state index in [0.29, 0.717) is 0 Å². The monoisotopic (exact) mass is 590 g/mol. The zero-order valence-corrected chi connectivity index (χ0v) is 27.3. The van der Waals surface area contributed by atoms with Gasteiger partial charge in [-0.2, -0.15) is 0 Å². The lowest BCUT2D eigenvalue weighted by Crippen LogP contribution is -2.10. The normalized spacial score (nSPS) is 12.0. The van der Waals surface area contributed by atoms with Crippen LogP contribution in [0.5, 0.6) is 0 Å². The van der Waals surface area contributed by atoms with Crippen molar-refractivity contribution < 1.29 is 0 Å². The van der Waals surface area contributed by atoms with Gasteiger partial charge in [-0.15, -0.1) is 0 Å². The van der Waals surface area contributed by atoms with E-state index in [9.17, 15) is 0 Å². The van der Waals surface area contributed by atoms with E-state index in [2.05, 4.69) is 174 Å². The maximum atomic E-state index is 2.48. The van der Waals surface area contributed by atoms with Crippen LogP contribution >= 0.6 is 0 Å². The first kappa shape index (κ1) is 28.3. The highest BCUT2D eigenvalue weighted by Gasteiger charge is 2.22. The maximum absolute atomic E-state index is 2.48. The number of fused-ring (bicyclic) bond motifs is 4. The van der Waals surface area contributed by atoms with Crippen LogP contribution in [0.25, 0.3) is 76.5 Å². The van der Waals surface area contributed by atoms with Gasteiger partial charge in [0.05, 0.1) is 0 Å². The molecule has 8 aromatic carbocycles. The van der Waals surface area contributed by atoms with Crippen molar-refractivity contribution in [2.24, 2.45) is 0 Å².